The van der Waals surface area contributed by atoms with Crippen molar-refractivity contribution < 1.29 is 9.53 Å². The molecule has 1 aliphatic rings. The summed E-state index contributed by atoms with van der Waals surface area (Å²) < 4.78 is 5.31. The first-order valence-electron chi connectivity index (χ1n) is 9.77. The number of rotatable bonds is 5. The minimum Gasteiger partial charge on any atom is -0.497 e. The normalized spacial score (nSPS) is 14.9. The van der Waals surface area contributed by atoms with E-state index in [1.165, 1.54) is 5.56 Å². The van der Waals surface area contributed by atoms with Crippen molar-refractivity contribution in [1.29, 1.82) is 0 Å². The Bertz CT molecular complexity index is 791. The lowest BCUT2D eigenvalue weighted by Crippen LogP contribution is -2.49. The first kappa shape index (κ1) is 20.6. The first-order valence-corrected chi connectivity index (χ1v) is 10.8. The van der Waals surface area contributed by atoms with Gasteiger partial charge in [0.25, 0.3) is 0 Å². The van der Waals surface area contributed by atoms with Crippen LogP contribution in [-0.2, 0) is 10.2 Å². The maximum atomic E-state index is 12.6. The van der Waals surface area contributed by atoms with Gasteiger partial charge in [0.05, 0.1) is 12.9 Å². The molecule has 0 unspecified atom stereocenters. The molecule has 1 aliphatic heterocycles. The van der Waals surface area contributed by atoms with E-state index >= 15 is 0 Å². The number of hydrogen-bond donors (Lipinski definition) is 0. The summed E-state index contributed by atoms with van der Waals surface area (Å²) >= 11 is 1.62. The molecule has 0 aromatic heterocycles. The molecule has 150 valence electrons. The number of nitrogens with zero attached hydrogens (tertiary/aromatic N) is 2. The van der Waals surface area contributed by atoms with E-state index in [0.717, 1.165) is 42.5 Å². The Morgan fingerprint density at radius 3 is 2.32 bits per heavy atom. The molecule has 0 spiro atoms. The van der Waals surface area contributed by atoms with Crippen LogP contribution in [0.2, 0.25) is 0 Å². The summed E-state index contributed by atoms with van der Waals surface area (Å²) in [6.07, 6.45) is 0. The minimum absolute atomic E-state index is 0.154. The molecule has 0 N–H and O–H groups in total. The average molecular weight is 399 g/mol. The second-order valence-electron chi connectivity index (χ2n) is 8.13. The molecule has 1 fully saturated rings. The molecule has 28 heavy (non-hydrogen) atoms. The van der Waals surface area contributed by atoms with Crippen LogP contribution < -0.4 is 9.64 Å². The molecule has 1 amide bonds. The lowest BCUT2D eigenvalue weighted by molar-refractivity contribution is -0.128. The highest BCUT2D eigenvalue weighted by molar-refractivity contribution is 8.00. The molecule has 0 aliphatic carbocycles. The first-order chi connectivity index (χ1) is 13.4. The van der Waals surface area contributed by atoms with Crippen molar-refractivity contribution in [2.45, 2.75) is 31.1 Å². The van der Waals surface area contributed by atoms with Gasteiger partial charge >= 0.3 is 0 Å². The lowest BCUT2D eigenvalue weighted by Gasteiger charge is -2.36. The van der Waals surface area contributed by atoms with Crippen LogP contribution in [0.3, 0.4) is 0 Å². The minimum atomic E-state index is 0.154. The predicted octanol–water partition coefficient (Wildman–Crippen LogP) is 4.43. The van der Waals surface area contributed by atoms with Gasteiger partial charge in [-0.3, -0.25) is 4.79 Å². The van der Waals surface area contributed by atoms with E-state index in [9.17, 15) is 4.79 Å². The Morgan fingerprint density at radius 2 is 1.71 bits per heavy atom. The number of amides is 1. The van der Waals surface area contributed by atoms with E-state index in [-0.39, 0.29) is 11.3 Å². The number of carbonyl (C=O) groups excluding carboxylic acids is 1. The maximum Gasteiger partial charge on any atom is 0.233 e. The molecule has 3 rings (SSSR count). The summed E-state index contributed by atoms with van der Waals surface area (Å²) in [5, 5.41) is 0. The van der Waals surface area contributed by atoms with Crippen LogP contribution in [0.5, 0.6) is 5.75 Å². The SMILES string of the molecule is COc1cccc(N2CCN(C(=O)CSc3ccc(C(C)(C)C)cc3)CC2)c1. The van der Waals surface area contributed by atoms with E-state index < -0.39 is 0 Å². The van der Waals surface area contributed by atoms with Crippen LogP contribution in [-0.4, -0.2) is 49.8 Å². The molecule has 1 heterocycles. The van der Waals surface area contributed by atoms with E-state index in [1.54, 1.807) is 18.9 Å². The van der Waals surface area contributed by atoms with Crippen LogP contribution in [0.1, 0.15) is 26.3 Å². The van der Waals surface area contributed by atoms with E-state index in [1.807, 2.05) is 17.0 Å². The molecular weight excluding hydrogens is 368 g/mol. The third kappa shape index (κ3) is 5.22. The lowest BCUT2D eigenvalue weighted by atomic mass is 9.87. The standard InChI is InChI=1S/C23H30N2O2S/c1-23(2,3)18-8-10-21(11-9-18)28-17-22(26)25-14-12-24(13-15-25)19-6-5-7-20(16-19)27-4/h5-11,16H,12-15,17H2,1-4H3. The van der Waals surface area contributed by atoms with Gasteiger partial charge in [0.2, 0.25) is 5.91 Å². The van der Waals surface area contributed by atoms with Crippen molar-refractivity contribution in [3.05, 3.63) is 54.1 Å². The van der Waals surface area contributed by atoms with Crippen molar-refractivity contribution >= 4 is 23.4 Å². The smallest absolute Gasteiger partial charge is 0.233 e. The fraction of sp³-hybridized carbons (Fsp3) is 0.435. The highest BCUT2D eigenvalue weighted by Crippen LogP contribution is 2.26. The third-order valence-corrected chi connectivity index (χ3v) is 6.13. The predicted molar refractivity (Wildman–Crippen MR) is 118 cm³/mol. The third-order valence-electron chi connectivity index (χ3n) is 5.13. The monoisotopic (exact) mass is 398 g/mol. The molecule has 2 aromatic carbocycles. The molecule has 0 saturated carbocycles. The Kier molecular flexibility index (Phi) is 6.55. The van der Waals surface area contributed by atoms with Crippen LogP contribution in [0.15, 0.2) is 53.4 Å². The highest BCUT2D eigenvalue weighted by Gasteiger charge is 2.21. The number of anilines is 1. The molecule has 0 radical (unpaired) electrons. The fourth-order valence-electron chi connectivity index (χ4n) is 3.31. The van der Waals surface area contributed by atoms with Gasteiger partial charge in [-0.25, -0.2) is 0 Å². The van der Waals surface area contributed by atoms with Gasteiger partial charge in [0.15, 0.2) is 0 Å². The van der Waals surface area contributed by atoms with Crippen molar-refractivity contribution in [3.8, 4) is 5.75 Å². The Labute approximate surface area is 172 Å². The Hall–Kier alpha value is -2.14. The molecule has 0 bridgehead atoms. The molecule has 1 saturated heterocycles. The maximum absolute atomic E-state index is 12.6. The molecule has 2 aromatic rings. The number of benzene rings is 2. The van der Waals surface area contributed by atoms with Crippen LogP contribution in [0, 0.1) is 0 Å². The largest absolute Gasteiger partial charge is 0.497 e. The van der Waals surface area contributed by atoms with Crippen LogP contribution in [0.4, 0.5) is 5.69 Å². The number of hydrogen-bond acceptors (Lipinski definition) is 4. The Balaban J connectivity index is 1.48. The molecule has 0 atom stereocenters. The van der Waals surface area contributed by atoms with Crippen LogP contribution in [0.25, 0.3) is 0 Å². The van der Waals surface area contributed by atoms with Gasteiger partial charge in [-0.1, -0.05) is 39.0 Å². The summed E-state index contributed by atoms with van der Waals surface area (Å²) in [6.45, 7) is 9.87. The number of carbonyl (C=O) groups is 1. The van der Waals surface area contributed by atoms with Crippen molar-refractivity contribution in [2.75, 3.05) is 43.9 Å². The summed E-state index contributed by atoms with van der Waals surface area (Å²) in [5.41, 5.74) is 2.62. The van der Waals surface area contributed by atoms with Crippen molar-refractivity contribution in [2.24, 2.45) is 0 Å². The Morgan fingerprint density at radius 1 is 1.04 bits per heavy atom. The van der Waals surface area contributed by atoms with Gasteiger partial charge in [0.1, 0.15) is 5.75 Å². The quantitative estimate of drug-likeness (QED) is 0.698. The summed E-state index contributed by atoms with van der Waals surface area (Å²) in [4.78, 5) is 18.0. The second-order valence-corrected chi connectivity index (χ2v) is 9.18. The highest BCUT2D eigenvalue weighted by atomic mass is 32.2. The van der Waals surface area contributed by atoms with Gasteiger partial charge in [-0.2, -0.15) is 0 Å². The van der Waals surface area contributed by atoms with Crippen LogP contribution >= 0.6 is 11.8 Å². The number of thioether (sulfide) groups is 1. The van der Waals surface area contributed by atoms with Gasteiger partial charge < -0.3 is 14.5 Å². The number of piperazine rings is 1. The fourth-order valence-corrected chi connectivity index (χ4v) is 4.11. The number of ether oxygens (including phenoxy) is 1. The van der Waals surface area contributed by atoms with Gasteiger partial charge in [-0.05, 0) is 35.2 Å². The van der Waals surface area contributed by atoms with Crippen molar-refractivity contribution in [1.82, 2.24) is 4.90 Å². The van der Waals surface area contributed by atoms with Crippen molar-refractivity contribution in [3.63, 3.8) is 0 Å². The summed E-state index contributed by atoms with van der Waals surface area (Å²) in [7, 11) is 1.68. The summed E-state index contributed by atoms with van der Waals surface area (Å²) in [5.74, 6) is 1.58. The molecular formula is C23H30N2O2S. The van der Waals surface area contributed by atoms with Gasteiger partial charge in [0, 0.05) is 42.8 Å². The zero-order chi connectivity index (χ0) is 20.1. The zero-order valence-corrected chi connectivity index (χ0v) is 18.1. The van der Waals surface area contributed by atoms with E-state index in [4.69, 9.17) is 4.74 Å². The second kappa shape index (κ2) is 8.91. The average Bonchev–Trinajstić information content (AvgIpc) is 2.72. The summed E-state index contributed by atoms with van der Waals surface area (Å²) in [6, 6.07) is 16.7. The number of methoxy groups -OCH3 is 1. The molecule has 5 heteroatoms. The van der Waals surface area contributed by atoms with Gasteiger partial charge in [-0.15, -0.1) is 11.8 Å². The molecule has 4 nitrogen and oxygen atoms in total. The van der Waals surface area contributed by atoms with E-state index in [0.29, 0.717) is 5.75 Å². The zero-order valence-electron chi connectivity index (χ0n) is 17.3. The topological polar surface area (TPSA) is 32.8 Å². The van der Waals surface area contributed by atoms with E-state index in [2.05, 4.69) is 62.1 Å².